The minimum atomic E-state index is -0.747. The van der Waals surface area contributed by atoms with Crippen molar-refractivity contribution in [3.05, 3.63) is 0 Å². The van der Waals surface area contributed by atoms with Crippen LogP contribution in [0.4, 0.5) is 9.59 Å². The first kappa shape index (κ1) is 25.0. The lowest BCUT2D eigenvalue weighted by Crippen LogP contribution is -2.51. The molecule has 0 unspecified atom stereocenters. The van der Waals surface area contributed by atoms with Crippen LogP contribution >= 0.6 is 0 Å². The number of unbranched alkanes of at least 4 members (excludes halogenated alkanes) is 3. The predicted octanol–water partition coefficient (Wildman–Crippen LogP) is 3.49. The number of hydrogen-bond donors (Lipinski definition) is 3. The molecule has 0 aromatic heterocycles. The van der Waals surface area contributed by atoms with Crippen molar-refractivity contribution in [1.29, 1.82) is 0 Å². The number of nitrogens with one attached hydrogen (secondary N) is 3. The summed E-state index contributed by atoms with van der Waals surface area (Å²) < 4.78 is 10.1. The van der Waals surface area contributed by atoms with Gasteiger partial charge in [-0.3, -0.25) is 0 Å². The summed E-state index contributed by atoms with van der Waals surface area (Å²) in [7, 11) is 1.31. The molecule has 1 aliphatic rings. The van der Waals surface area contributed by atoms with Gasteiger partial charge in [0, 0.05) is 12.6 Å². The first-order valence-electron chi connectivity index (χ1n) is 10.8. The molecule has 0 aromatic carbocycles. The molecule has 0 aliphatic heterocycles. The van der Waals surface area contributed by atoms with Gasteiger partial charge in [-0.25, -0.2) is 14.4 Å². The molecule has 3 N–H and O–H groups in total. The summed E-state index contributed by atoms with van der Waals surface area (Å²) in [6, 6.07) is -0.814. The fourth-order valence-electron chi connectivity index (χ4n) is 3.52. The van der Waals surface area contributed by atoms with Crippen LogP contribution < -0.4 is 16.0 Å². The first-order chi connectivity index (χ1) is 13.7. The number of ether oxygens (including phenoxy) is 2. The smallest absolute Gasteiger partial charge is 0.408 e. The summed E-state index contributed by atoms with van der Waals surface area (Å²) >= 11 is 0. The molecule has 168 valence electrons. The van der Waals surface area contributed by atoms with Gasteiger partial charge in [0.1, 0.15) is 11.6 Å². The highest BCUT2D eigenvalue weighted by Crippen LogP contribution is 2.28. The number of carbonyl (C=O) groups excluding carboxylic acids is 3. The molecule has 0 bridgehead atoms. The minimum Gasteiger partial charge on any atom is -0.467 e. The van der Waals surface area contributed by atoms with Gasteiger partial charge >= 0.3 is 18.1 Å². The van der Waals surface area contributed by atoms with Crippen LogP contribution in [0.1, 0.15) is 79.1 Å². The molecule has 1 rings (SSSR count). The molecule has 29 heavy (non-hydrogen) atoms. The zero-order valence-electron chi connectivity index (χ0n) is 18.6. The largest absolute Gasteiger partial charge is 0.467 e. The van der Waals surface area contributed by atoms with Crippen LogP contribution in [0, 0.1) is 5.92 Å². The number of urea groups is 1. The highest BCUT2D eigenvalue weighted by atomic mass is 16.6. The SMILES string of the molecule is CCCCCCNC(=O)NC1CCC([C@H](NC(=O)OC(C)(C)C)C(=O)OC)CC1. The van der Waals surface area contributed by atoms with E-state index in [1.54, 1.807) is 20.8 Å². The fourth-order valence-corrected chi connectivity index (χ4v) is 3.52. The summed E-state index contributed by atoms with van der Waals surface area (Å²) in [6.45, 7) is 8.15. The molecule has 1 aliphatic carbocycles. The van der Waals surface area contributed by atoms with Crippen molar-refractivity contribution in [3.8, 4) is 0 Å². The molecule has 0 spiro atoms. The Labute approximate surface area is 174 Å². The highest BCUT2D eigenvalue weighted by molar-refractivity contribution is 5.81. The molecule has 1 saturated carbocycles. The summed E-state index contributed by atoms with van der Waals surface area (Å²) in [5.41, 5.74) is -0.643. The third kappa shape index (κ3) is 10.4. The van der Waals surface area contributed by atoms with Crippen molar-refractivity contribution in [3.63, 3.8) is 0 Å². The van der Waals surface area contributed by atoms with Gasteiger partial charge in [-0.2, -0.15) is 0 Å². The highest BCUT2D eigenvalue weighted by Gasteiger charge is 2.35. The summed E-state index contributed by atoms with van der Waals surface area (Å²) in [4.78, 5) is 36.3. The Morgan fingerprint density at radius 1 is 1.03 bits per heavy atom. The molecule has 1 atom stereocenters. The van der Waals surface area contributed by atoms with Gasteiger partial charge in [0.05, 0.1) is 7.11 Å². The van der Waals surface area contributed by atoms with Gasteiger partial charge in [-0.15, -0.1) is 0 Å². The van der Waals surface area contributed by atoms with E-state index in [2.05, 4.69) is 22.9 Å². The molecule has 3 amide bonds. The summed E-state index contributed by atoms with van der Waals surface area (Å²) in [5, 5.41) is 8.57. The Kier molecular flexibility index (Phi) is 10.8. The zero-order chi connectivity index (χ0) is 21.9. The maximum Gasteiger partial charge on any atom is 0.408 e. The van der Waals surface area contributed by atoms with E-state index in [0.717, 1.165) is 25.7 Å². The third-order valence-corrected chi connectivity index (χ3v) is 5.02. The third-order valence-electron chi connectivity index (χ3n) is 5.02. The number of carbonyl (C=O) groups is 3. The van der Waals surface area contributed by atoms with E-state index in [0.29, 0.717) is 19.4 Å². The van der Waals surface area contributed by atoms with Gasteiger partial charge in [0.25, 0.3) is 0 Å². The van der Waals surface area contributed by atoms with Crippen molar-refractivity contribution < 1.29 is 23.9 Å². The minimum absolute atomic E-state index is 0.0508. The Morgan fingerprint density at radius 3 is 2.24 bits per heavy atom. The Morgan fingerprint density at radius 2 is 1.69 bits per heavy atom. The lowest BCUT2D eigenvalue weighted by Gasteiger charge is -2.33. The summed E-state index contributed by atoms with van der Waals surface area (Å²) in [5.74, 6) is -0.526. The quantitative estimate of drug-likeness (QED) is 0.396. The maximum atomic E-state index is 12.2. The fraction of sp³-hybridized carbons (Fsp3) is 0.857. The molecule has 0 aromatic rings. The molecular weight excluding hydrogens is 374 g/mol. The number of alkyl carbamates (subject to hydrolysis) is 1. The second kappa shape index (κ2) is 12.5. The number of amides is 3. The molecular formula is C21H39N3O5. The van der Waals surface area contributed by atoms with Crippen molar-refractivity contribution in [1.82, 2.24) is 16.0 Å². The molecule has 1 fully saturated rings. The van der Waals surface area contributed by atoms with Crippen LogP contribution in [0.3, 0.4) is 0 Å². The normalized spacial score (nSPS) is 20.3. The van der Waals surface area contributed by atoms with Gasteiger partial charge in [0.2, 0.25) is 0 Å². The van der Waals surface area contributed by atoms with Gasteiger partial charge in [-0.05, 0) is 58.8 Å². The van der Waals surface area contributed by atoms with E-state index < -0.39 is 23.7 Å². The van der Waals surface area contributed by atoms with Crippen molar-refractivity contribution >= 4 is 18.1 Å². The van der Waals surface area contributed by atoms with Crippen LogP contribution in [0.15, 0.2) is 0 Å². The lowest BCUT2D eigenvalue weighted by atomic mass is 9.81. The lowest BCUT2D eigenvalue weighted by molar-refractivity contribution is -0.145. The van der Waals surface area contributed by atoms with Crippen LogP contribution in [-0.4, -0.2) is 49.4 Å². The van der Waals surface area contributed by atoms with E-state index in [1.165, 1.54) is 20.0 Å². The van der Waals surface area contributed by atoms with E-state index in [1.807, 2.05) is 0 Å². The van der Waals surface area contributed by atoms with Crippen LogP contribution in [0.5, 0.6) is 0 Å². The van der Waals surface area contributed by atoms with Gasteiger partial charge in [0.15, 0.2) is 0 Å². The second-order valence-electron chi connectivity index (χ2n) is 8.72. The molecule has 0 saturated heterocycles. The van der Waals surface area contributed by atoms with Gasteiger partial charge < -0.3 is 25.4 Å². The second-order valence-corrected chi connectivity index (χ2v) is 8.72. The van der Waals surface area contributed by atoms with E-state index in [9.17, 15) is 14.4 Å². The molecule has 0 radical (unpaired) electrons. The predicted molar refractivity (Wildman–Crippen MR) is 112 cm³/mol. The average molecular weight is 414 g/mol. The number of rotatable bonds is 9. The van der Waals surface area contributed by atoms with E-state index in [4.69, 9.17) is 9.47 Å². The average Bonchev–Trinajstić information content (AvgIpc) is 2.64. The topological polar surface area (TPSA) is 106 Å². The van der Waals surface area contributed by atoms with Crippen LogP contribution in [0.2, 0.25) is 0 Å². The molecule has 0 heterocycles. The van der Waals surface area contributed by atoms with Crippen molar-refractivity contribution in [2.24, 2.45) is 5.92 Å². The van der Waals surface area contributed by atoms with Gasteiger partial charge in [-0.1, -0.05) is 26.2 Å². The molecule has 8 nitrogen and oxygen atoms in total. The summed E-state index contributed by atoms with van der Waals surface area (Å²) in [6.07, 6.45) is 6.75. The van der Waals surface area contributed by atoms with Crippen LogP contribution in [0.25, 0.3) is 0 Å². The standard InChI is InChI=1S/C21H39N3O5/c1-6-7-8-9-14-22-19(26)23-16-12-10-15(11-13-16)17(18(25)28-5)24-20(27)29-21(2,3)4/h15-17H,6-14H2,1-5H3,(H,24,27)(H2,22,23,26)/t15?,16?,17-/m0/s1. The van der Waals surface area contributed by atoms with Crippen LogP contribution in [-0.2, 0) is 14.3 Å². The zero-order valence-corrected chi connectivity index (χ0v) is 18.6. The van der Waals surface area contributed by atoms with E-state index in [-0.39, 0.29) is 18.0 Å². The van der Waals surface area contributed by atoms with Crippen molar-refractivity contribution in [2.75, 3.05) is 13.7 Å². The number of esters is 1. The van der Waals surface area contributed by atoms with E-state index >= 15 is 0 Å². The Balaban J connectivity index is 2.45. The number of methoxy groups -OCH3 is 1. The molecule has 8 heteroatoms. The number of hydrogen-bond acceptors (Lipinski definition) is 5. The Bertz CT molecular complexity index is 525. The first-order valence-corrected chi connectivity index (χ1v) is 10.8. The van der Waals surface area contributed by atoms with Crippen molar-refractivity contribution in [2.45, 2.75) is 96.7 Å². The maximum absolute atomic E-state index is 12.2. The monoisotopic (exact) mass is 413 g/mol. The Hall–Kier alpha value is -1.99.